The summed E-state index contributed by atoms with van der Waals surface area (Å²) in [5.41, 5.74) is 3.44. The summed E-state index contributed by atoms with van der Waals surface area (Å²) in [5, 5.41) is 0. The monoisotopic (exact) mass is 388 g/mol. The second-order valence-electron chi connectivity index (χ2n) is 9.37. The highest BCUT2D eigenvalue weighted by molar-refractivity contribution is 5.83. The van der Waals surface area contributed by atoms with Gasteiger partial charge in [0.15, 0.2) is 11.5 Å². The van der Waals surface area contributed by atoms with Crippen molar-refractivity contribution < 1.29 is 0 Å². The molecule has 0 spiro atoms. The molecule has 0 radical (unpaired) electrons. The maximum atomic E-state index is 4.82. The molecule has 2 saturated heterocycles. The van der Waals surface area contributed by atoms with E-state index in [1.165, 1.54) is 31.2 Å². The van der Waals surface area contributed by atoms with Crippen molar-refractivity contribution >= 4 is 17.0 Å². The summed E-state index contributed by atoms with van der Waals surface area (Å²) >= 11 is 0. The lowest BCUT2D eigenvalue weighted by molar-refractivity contribution is 0.111. The van der Waals surface area contributed by atoms with Gasteiger partial charge >= 0.3 is 0 Å². The number of piperidine rings is 1. The lowest BCUT2D eigenvalue weighted by Crippen LogP contribution is -2.61. The van der Waals surface area contributed by atoms with E-state index in [0.29, 0.717) is 29.6 Å². The number of benzene rings is 1. The van der Waals surface area contributed by atoms with Crippen LogP contribution in [0.25, 0.3) is 11.2 Å². The van der Waals surface area contributed by atoms with Crippen molar-refractivity contribution in [3.63, 3.8) is 0 Å². The Morgan fingerprint density at radius 2 is 1.93 bits per heavy atom. The number of fused-ring (bicyclic) bond motifs is 2. The van der Waals surface area contributed by atoms with Crippen LogP contribution in [0.15, 0.2) is 43.0 Å². The maximum Gasteiger partial charge on any atom is 0.182 e. The molecular formula is C23H28N6. The molecule has 0 amide bonds. The first-order valence-electron chi connectivity index (χ1n) is 10.8. The fourth-order valence-corrected chi connectivity index (χ4v) is 6.78. The number of anilines is 1. The SMILES string of the molecule is CN1C2CCC[C@H]3N(c4ncnc5nc[nH]c45)[C@@H](Cc4ccccc4)[C@@H]1C[C@@]23C. The fraction of sp³-hybridized carbons (Fsp3) is 0.522. The molecule has 2 bridgehead atoms. The third-order valence-corrected chi connectivity index (χ3v) is 8.01. The molecule has 6 nitrogen and oxygen atoms in total. The molecule has 5 atom stereocenters. The quantitative estimate of drug-likeness (QED) is 0.745. The molecular weight excluding hydrogens is 360 g/mol. The van der Waals surface area contributed by atoms with Crippen LogP contribution in [0, 0.1) is 5.41 Å². The molecule has 150 valence electrons. The molecule has 4 heterocycles. The van der Waals surface area contributed by atoms with Crippen molar-refractivity contribution in [2.75, 3.05) is 11.9 Å². The van der Waals surface area contributed by atoms with E-state index >= 15 is 0 Å². The molecule has 1 saturated carbocycles. The molecule has 3 aliphatic rings. The zero-order valence-electron chi connectivity index (χ0n) is 17.1. The van der Waals surface area contributed by atoms with Crippen LogP contribution in [-0.2, 0) is 6.42 Å². The first-order valence-corrected chi connectivity index (χ1v) is 10.8. The summed E-state index contributed by atoms with van der Waals surface area (Å²) in [6.07, 6.45) is 9.58. The van der Waals surface area contributed by atoms with Crippen LogP contribution in [0.4, 0.5) is 5.82 Å². The minimum absolute atomic E-state index is 0.308. The molecule has 1 aromatic carbocycles. The molecule has 1 aliphatic carbocycles. The normalized spacial score (nSPS) is 34.1. The lowest BCUT2D eigenvalue weighted by Gasteiger charge is -2.54. The maximum absolute atomic E-state index is 4.82. The number of H-pyrrole nitrogens is 1. The predicted molar refractivity (Wildman–Crippen MR) is 114 cm³/mol. The smallest absolute Gasteiger partial charge is 0.182 e. The number of hydrogen-bond donors (Lipinski definition) is 1. The van der Waals surface area contributed by atoms with Crippen LogP contribution >= 0.6 is 0 Å². The van der Waals surface area contributed by atoms with E-state index in [1.807, 2.05) is 0 Å². The standard InChI is InChI=1S/C23H28N6/c1-23-12-17-16(11-15-7-4-3-5-8-15)29(19(23)10-6-9-18(23)28(17)2)22-20-21(25-13-24-20)26-14-27-22/h3-5,7-8,13-14,16-19H,6,9-12H2,1-2H3,(H,24,25,26,27)/t16-,17-,18?,19+,23-/m0/s1. The van der Waals surface area contributed by atoms with Crippen LogP contribution < -0.4 is 4.90 Å². The minimum Gasteiger partial charge on any atom is -0.346 e. The van der Waals surface area contributed by atoms with Crippen LogP contribution in [-0.4, -0.2) is 56.1 Å². The van der Waals surface area contributed by atoms with E-state index in [2.05, 4.69) is 69.1 Å². The zero-order valence-corrected chi connectivity index (χ0v) is 17.1. The zero-order chi connectivity index (χ0) is 19.6. The Morgan fingerprint density at radius 3 is 2.79 bits per heavy atom. The van der Waals surface area contributed by atoms with Gasteiger partial charge in [-0.05, 0) is 44.7 Å². The predicted octanol–water partition coefficient (Wildman–Crippen LogP) is 3.42. The number of nitrogens with zero attached hydrogens (tertiary/aromatic N) is 5. The molecule has 1 N–H and O–H groups in total. The van der Waals surface area contributed by atoms with Gasteiger partial charge in [0.1, 0.15) is 11.8 Å². The van der Waals surface area contributed by atoms with Gasteiger partial charge in [-0.25, -0.2) is 15.0 Å². The number of likely N-dealkylation sites (N-methyl/N-ethyl adjacent to an activating group) is 1. The third kappa shape index (κ3) is 2.41. The number of likely N-dealkylation sites (tertiary alicyclic amines) is 1. The molecule has 2 aromatic heterocycles. The van der Waals surface area contributed by atoms with E-state index in [-0.39, 0.29) is 0 Å². The van der Waals surface area contributed by atoms with Gasteiger partial charge in [0.25, 0.3) is 0 Å². The molecule has 6 rings (SSSR count). The van der Waals surface area contributed by atoms with Crippen LogP contribution in [0.3, 0.4) is 0 Å². The van der Waals surface area contributed by atoms with Gasteiger partial charge in [-0.2, -0.15) is 0 Å². The summed E-state index contributed by atoms with van der Waals surface area (Å²) in [6, 6.07) is 13.0. The average Bonchev–Trinajstić information content (AvgIpc) is 3.31. The van der Waals surface area contributed by atoms with Gasteiger partial charge in [-0.1, -0.05) is 37.3 Å². The topological polar surface area (TPSA) is 60.9 Å². The molecule has 29 heavy (non-hydrogen) atoms. The van der Waals surface area contributed by atoms with Crippen LogP contribution in [0.2, 0.25) is 0 Å². The van der Waals surface area contributed by atoms with Crippen molar-refractivity contribution in [2.45, 2.75) is 63.2 Å². The van der Waals surface area contributed by atoms with Crippen LogP contribution in [0.5, 0.6) is 0 Å². The second kappa shape index (κ2) is 6.26. The van der Waals surface area contributed by atoms with Gasteiger partial charge in [0.2, 0.25) is 0 Å². The van der Waals surface area contributed by atoms with E-state index in [9.17, 15) is 0 Å². The molecule has 1 unspecified atom stereocenters. The van der Waals surface area contributed by atoms with Gasteiger partial charge < -0.3 is 9.88 Å². The number of nitrogens with one attached hydrogen (secondary N) is 1. The molecule has 3 fully saturated rings. The molecule has 6 heteroatoms. The minimum atomic E-state index is 0.308. The highest BCUT2D eigenvalue weighted by Crippen LogP contribution is 2.56. The van der Waals surface area contributed by atoms with Crippen LogP contribution in [0.1, 0.15) is 38.2 Å². The van der Waals surface area contributed by atoms with E-state index in [0.717, 1.165) is 23.4 Å². The largest absolute Gasteiger partial charge is 0.346 e. The van der Waals surface area contributed by atoms with Crippen molar-refractivity contribution in [1.82, 2.24) is 24.8 Å². The summed E-state index contributed by atoms with van der Waals surface area (Å²) in [4.78, 5) is 22.3. The van der Waals surface area contributed by atoms with Crippen molar-refractivity contribution in [2.24, 2.45) is 5.41 Å². The Kier molecular flexibility index (Phi) is 3.76. The van der Waals surface area contributed by atoms with E-state index < -0.39 is 0 Å². The highest BCUT2D eigenvalue weighted by Gasteiger charge is 2.62. The summed E-state index contributed by atoms with van der Waals surface area (Å²) < 4.78 is 0. The van der Waals surface area contributed by atoms with E-state index in [4.69, 9.17) is 4.98 Å². The number of imidazole rings is 1. The number of aromatic nitrogens is 4. The van der Waals surface area contributed by atoms with Crippen molar-refractivity contribution in [1.29, 1.82) is 0 Å². The Labute approximate surface area is 171 Å². The Hall–Kier alpha value is -2.47. The Bertz CT molecular complexity index is 1030. The van der Waals surface area contributed by atoms with Gasteiger partial charge in [0.05, 0.1) is 12.4 Å². The first-order chi connectivity index (χ1) is 14.2. The average molecular weight is 389 g/mol. The third-order valence-electron chi connectivity index (χ3n) is 8.01. The van der Waals surface area contributed by atoms with E-state index in [1.54, 1.807) is 12.7 Å². The van der Waals surface area contributed by atoms with Crippen molar-refractivity contribution in [3.05, 3.63) is 48.5 Å². The summed E-state index contributed by atoms with van der Waals surface area (Å²) in [6.45, 7) is 2.52. The lowest BCUT2D eigenvalue weighted by atomic mass is 9.64. The van der Waals surface area contributed by atoms with Gasteiger partial charge in [-0.3, -0.25) is 4.90 Å². The number of aromatic amines is 1. The van der Waals surface area contributed by atoms with Crippen molar-refractivity contribution in [3.8, 4) is 0 Å². The molecule has 2 aliphatic heterocycles. The fourth-order valence-electron chi connectivity index (χ4n) is 6.78. The second-order valence-corrected chi connectivity index (χ2v) is 9.37. The first kappa shape index (κ1) is 17.4. The molecule has 3 aromatic rings. The number of rotatable bonds is 3. The Balaban J connectivity index is 1.52. The summed E-state index contributed by atoms with van der Waals surface area (Å²) in [5.74, 6) is 1.03. The highest BCUT2D eigenvalue weighted by atomic mass is 15.4. The van der Waals surface area contributed by atoms with Gasteiger partial charge in [0, 0.05) is 23.5 Å². The number of hydrogen-bond acceptors (Lipinski definition) is 5. The van der Waals surface area contributed by atoms with Gasteiger partial charge in [-0.15, -0.1) is 0 Å². The summed E-state index contributed by atoms with van der Waals surface area (Å²) in [7, 11) is 2.36. The Morgan fingerprint density at radius 1 is 1.10 bits per heavy atom.